The predicted molar refractivity (Wildman–Crippen MR) is 81.8 cm³/mol. The van der Waals surface area contributed by atoms with Gasteiger partial charge in [0.1, 0.15) is 0 Å². The van der Waals surface area contributed by atoms with E-state index in [-0.39, 0.29) is 0 Å². The topological polar surface area (TPSA) is 75.4 Å². The first-order valence-corrected chi connectivity index (χ1v) is 8.41. The maximum absolute atomic E-state index is 12.4. The van der Waals surface area contributed by atoms with Gasteiger partial charge in [-0.25, -0.2) is 0 Å². The van der Waals surface area contributed by atoms with Crippen LogP contribution in [0.3, 0.4) is 0 Å². The molecular formula is C14H23N3O2S. The summed E-state index contributed by atoms with van der Waals surface area (Å²) in [6, 6.07) is 5.69. The molecule has 1 saturated heterocycles. The number of hydrogen-bond donors (Lipinski definition) is 2. The van der Waals surface area contributed by atoms with Gasteiger partial charge in [-0.05, 0) is 50.8 Å². The second-order valence-corrected chi connectivity index (χ2v) is 7.17. The predicted octanol–water partition coefficient (Wildman–Crippen LogP) is 1.63. The minimum atomic E-state index is -3.46. The van der Waals surface area contributed by atoms with Gasteiger partial charge in [-0.2, -0.15) is 12.7 Å². The number of rotatable bonds is 4. The standard InChI is InChI=1S/C14H23N3O2S/c1-11-3-4-14(12(2)9-11)16-20(18,19)17-7-5-13(10-15)6-8-17/h3-4,9,13,16H,5-8,10,15H2,1-2H3. The lowest BCUT2D eigenvalue weighted by atomic mass is 9.99. The molecule has 1 heterocycles. The van der Waals surface area contributed by atoms with Gasteiger partial charge in [0.2, 0.25) is 0 Å². The Bertz CT molecular complexity index is 564. The minimum Gasteiger partial charge on any atom is -0.330 e. The zero-order valence-corrected chi connectivity index (χ0v) is 12.9. The quantitative estimate of drug-likeness (QED) is 0.887. The summed E-state index contributed by atoms with van der Waals surface area (Å²) in [7, 11) is -3.46. The molecule has 112 valence electrons. The van der Waals surface area contributed by atoms with Crippen molar-refractivity contribution < 1.29 is 8.42 Å². The third-order valence-electron chi connectivity index (χ3n) is 3.87. The number of anilines is 1. The largest absolute Gasteiger partial charge is 0.330 e. The molecule has 0 unspecified atom stereocenters. The Labute approximate surface area is 121 Å². The normalized spacial score (nSPS) is 18.1. The second-order valence-electron chi connectivity index (χ2n) is 5.50. The van der Waals surface area contributed by atoms with E-state index in [4.69, 9.17) is 5.73 Å². The second kappa shape index (κ2) is 6.11. The molecule has 1 aromatic rings. The molecule has 1 fully saturated rings. The van der Waals surface area contributed by atoms with E-state index in [1.54, 1.807) is 0 Å². The molecule has 0 aliphatic carbocycles. The molecule has 3 N–H and O–H groups in total. The Morgan fingerprint density at radius 3 is 2.50 bits per heavy atom. The lowest BCUT2D eigenvalue weighted by molar-refractivity contribution is 0.280. The highest BCUT2D eigenvalue weighted by Gasteiger charge is 2.27. The van der Waals surface area contributed by atoms with Crippen LogP contribution in [0.15, 0.2) is 18.2 Å². The minimum absolute atomic E-state index is 0.447. The lowest BCUT2D eigenvalue weighted by Crippen LogP contribution is -2.42. The van der Waals surface area contributed by atoms with Crippen molar-refractivity contribution in [2.75, 3.05) is 24.4 Å². The smallest absolute Gasteiger partial charge is 0.301 e. The van der Waals surface area contributed by atoms with Crippen LogP contribution >= 0.6 is 0 Å². The van der Waals surface area contributed by atoms with Crippen molar-refractivity contribution in [3.8, 4) is 0 Å². The summed E-state index contributed by atoms with van der Waals surface area (Å²) in [5, 5.41) is 0. The Morgan fingerprint density at radius 1 is 1.30 bits per heavy atom. The Balaban J connectivity index is 2.08. The maximum atomic E-state index is 12.4. The molecule has 1 aliphatic rings. The van der Waals surface area contributed by atoms with Crippen LogP contribution in [-0.4, -0.2) is 32.4 Å². The van der Waals surface area contributed by atoms with Crippen molar-refractivity contribution in [3.63, 3.8) is 0 Å². The Hall–Kier alpha value is -1.11. The summed E-state index contributed by atoms with van der Waals surface area (Å²) in [6.45, 7) is 5.62. The molecule has 0 amide bonds. The number of aryl methyl sites for hydroxylation is 2. The van der Waals surface area contributed by atoms with E-state index in [0.29, 0.717) is 31.2 Å². The first-order valence-electron chi connectivity index (χ1n) is 6.97. The van der Waals surface area contributed by atoms with E-state index >= 15 is 0 Å². The van der Waals surface area contributed by atoms with Crippen molar-refractivity contribution in [2.24, 2.45) is 11.7 Å². The van der Waals surface area contributed by atoms with Gasteiger partial charge in [-0.1, -0.05) is 17.7 Å². The Morgan fingerprint density at radius 2 is 1.95 bits per heavy atom. The van der Waals surface area contributed by atoms with Crippen LogP contribution in [0.5, 0.6) is 0 Å². The molecule has 0 atom stereocenters. The summed E-state index contributed by atoms with van der Waals surface area (Å²) >= 11 is 0. The van der Waals surface area contributed by atoms with E-state index < -0.39 is 10.2 Å². The van der Waals surface area contributed by atoms with Crippen LogP contribution in [0.1, 0.15) is 24.0 Å². The lowest BCUT2D eigenvalue weighted by Gasteiger charge is -2.30. The van der Waals surface area contributed by atoms with Gasteiger partial charge >= 0.3 is 10.2 Å². The van der Waals surface area contributed by atoms with E-state index in [1.807, 2.05) is 32.0 Å². The molecule has 5 nitrogen and oxygen atoms in total. The molecule has 1 aromatic carbocycles. The van der Waals surface area contributed by atoms with Gasteiger partial charge in [0.15, 0.2) is 0 Å². The Kier molecular flexibility index (Phi) is 4.67. The number of nitrogens with two attached hydrogens (primary N) is 1. The first-order chi connectivity index (χ1) is 9.42. The summed E-state index contributed by atoms with van der Waals surface area (Å²) in [5.74, 6) is 0.447. The summed E-state index contributed by atoms with van der Waals surface area (Å²) < 4.78 is 28.9. The molecule has 0 spiro atoms. The van der Waals surface area contributed by atoms with Gasteiger partial charge in [0.25, 0.3) is 0 Å². The number of piperidine rings is 1. The first kappa shape index (κ1) is 15.3. The van der Waals surface area contributed by atoms with E-state index in [0.717, 1.165) is 24.0 Å². The highest BCUT2D eigenvalue weighted by molar-refractivity contribution is 7.90. The van der Waals surface area contributed by atoms with Gasteiger partial charge in [0.05, 0.1) is 5.69 Å². The fraction of sp³-hybridized carbons (Fsp3) is 0.571. The van der Waals surface area contributed by atoms with Gasteiger partial charge in [0, 0.05) is 13.1 Å². The molecule has 0 aromatic heterocycles. The highest BCUT2D eigenvalue weighted by atomic mass is 32.2. The average Bonchev–Trinajstić information content (AvgIpc) is 2.42. The van der Waals surface area contributed by atoms with Crippen LogP contribution < -0.4 is 10.5 Å². The maximum Gasteiger partial charge on any atom is 0.301 e. The van der Waals surface area contributed by atoms with E-state index in [1.165, 1.54) is 4.31 Å². The van der Waals surface area contributed by atoms with Gasteiger partial charge in [-0.3, -0.25) is 4.72 Å². The number of nitrogens with one attached hydrogen (secondary N) is 1. The van der Waals surface area contributed by atoms with Crippen molar-refractivity contribution in [3.05, 3.63) is 29.3 Å². The van der Waals surface area contributed by atoms with E-state index in [9.17, 15) is 8.42 Å². The zero-order chi connectivity index (χ0) is 14.8. The summed E-state index contributed by atoms with van der Waals surface area (Å²) in [4.78, 5) is 0. The average molecular weight is 297 g/mol. The third kappa shape index (κ3) is 3.50. The van der Waals surface area contributed by atoms with Crippen molar-refractivity contribution in [1.29, 1.82) is 0 Å². The zero-order valence-electron chi connectivity index (χ0n) is 12.1. The number of benzene rings is 1. The fourth-order valence-electron chi connectivity index (χ4n) is 2.52. The van der Waals surface area contributed by atoms with Crippen molar-refractivity contribution in [1.82, 2.24) is 4.31 Å². The SMILES string of the molecule is Cc1ccc(NS(=O)(=O)N2CCC(CN)CC2)c(C)c1. The van der Waals surface area contributed by atoms with Crippen LogP contribution in [-0.2, 0) is 10.2 Å². The number of nitrogens with zero attached hydrogens (tertiary/aromatic N) is 1. The highest BCUT2D eigenvalue weighted by Crippen LogP contribution is 2.22. The molecule has 0 bridgehead atoms. The molecule has 0 radical (unpaired) electrons. The third-order valence-corrected chi connectivity index (χ3v) is 5.39. The fourth-order valence-corrected chi connectivity index (χ4v) is 3.84. The molecular weight excluding hydrogens is 274 g/mol. The van der Waals surface area contributed by atoms with Gasteiger partial charge < -0.3 is 5.73 Å². The summed E-state index contributed by atoms with van der Waals surface area (Å²) in [5.41, 5.74) is 8.34. The van der Waals surface area contributed by atoms with Crippen LogP contribution in [0.2, 0.25) is 0 Å². The number of hydrogen-bond acceptors (Lipinski definition) is 3. The van der Waals surface area contributed by atoms with Gasteiger partial charge in [-0.15, -0.1) is 0 Å². The van der Waals surface area contributed by atoms with Crippen molar-refractivity contribution in [2.45, 2.75) is 26.7 Å². The molecule has 1 aliphatic heterocycles. The van der Waals surface area contributed by atoms with Crippen LogP contribution in [0.25, 0.3) is 0 Å². The molecule has 6 heteroatoms. The summed E-state index contributed by atoms with van der Waals surface area (Å²) in [6.07, 6.45) is 1.68. The molecule has 20 heavy (non-hydrogen) atoms. The molecule has 0 saturated carbocycles. The van der Waals surface area contributed by atoms with E-state index in [2.05, 4.69) is 4.72 Å². The molecule has 2 rings (SSSR count). The van der Waals surface area contributed by atoms with Crippen LogP contribution in [0.4, 0.5) is 5.69 Å². The van der Waals surface area contributed by atoms with Crippen molar-refractivity contribution >= 4 is 15.9 Å². The van der Waals surface area contributed by atoms with Crippen LogP contribution in [0, 0.1) is 19.8 Å². The monoisotopic (exact) mass is 297 g/mol.